The summed E-state index contributed by atoms with van der Waals surface area (Å²) in [6.45, 7) is 4.03. The van der Waals surface area contributed by atoms with Gasteiger partial charge in [-0.2, -0.15) is 0 Å². The summed E-state index contributed by atoms with van der Waals surface area (Å²) < 4.78 is 6.01. The highest BCUT2D eigenvalue weighted by Crippen LogP contribution is 2.29. The number of terminal acetylenes is 2. The summed E-state index contributed by atoms with van der Waals surface area (Å²) in [7, 11) is 0. The van der Waals surface area contributed by atoms with Crippen molar-refractivity contribution in [2.24, 2.45) is 0 Å². The fourth-order valence-electron chi connectivity index (χ4n) is 2.30. The molecule has 0 fully saturated rings. The van der Waals surface area contributed by atoms with Crippen LogP contribution in [0.1, 0.15) is 34.5 Å². The molecule has 0 saturated carbocycles. The topological polar surface area (TPSA) is 9.23 Å². The Balaban J connectivity index is 2.30. The smallest absolute Gasteiger partial charge is 0.145 e. The number of hydrogen-bond acceptors (Lipinski definition) is 1. The summed E-state index contributed by atoms with van der Waals surface area (Å²) in [6.07, 6.45) is 10.4. The van der Waals surface area contributed by atoms with E-state index in [4.69, 9.17) is 17.6 Å². The number of ether oxygens (including phenoxy) is 1. The van der Waals surface area contributed by atoms with Crippen LogP contribution < -0.4 is 0 Å². The number of aryl methyl sites for hydroxylation is 2. The first-order valence-electron chi connectivity index (χ1n) is 6.86. The second-order valence-electron chi connectivity index (χ2n) is 4.94. The maximum atomic E-state index is 6.01. The predicted molar refractivity (Wildman–Crippen MR) is 86.6 cm³/mol. The van der Waals surface area contributed by atoms with Gasteiger partial charge in [-0.3, -0.25) is 0 Å². The molecule has 0 amide bonds. The van der Waals surface area contributed by atoms with Crippen molar-refractivity contribution in [3.63, 3.8) is 0 Å². The minimum Gasteiger partial charge on any atom is -0.340 e. The van der Waals surface area contributed by atoms with E-state index in [9.17, 15) is 0 Å². The van der Waals surface area contributed by atoms with Crippen molar-refractivity contribution < 1.29 is 4.74 Å². The second kappa shape index (κ2) is 6.80. The van der Waals surface area contributed by atoms with Crippen molar-refractivity contribution in [3.05, 3.63) is 70.8 Å². The maximum Gasteiger partial charge on any atom is 0.145 e. The van der Waals surface area contributed by atoms with Gasteiger partial charge in [0.05, 0.1) is 0 Å². The molecule has 2 rings (SSSR count). The molecule has 0 aliphatic carbocycles. The lowest BCUT2D eigenvalue weighted by Gasteiger charge is -2.21. The lowest BCUT2D eigenvalue weighted by molar-refractivity contribution is 0.0509. The van der Waals surface area contributed by atoms with Crippen LogP contribution in [0.4, 0.5) is 0 Å². The van der Waals surface area contributed by atoms with E-state index in [1.54, 1.807) is 0 Å². The number of benzene rings is 2. The first-order valence-corrected chi connectivity index (χ1v) is 6.86. The van der Waals surface area contributed by atoms with E-state index in [2.05, 4.69) is 11.8 Å². The van der Waals surface area contributed by atoms with E-state index < -0.39 is 12.2 Å². The Bertz CT molecular complexity index is 639. The average Bonchev–Trinajstić information content (AvgIpc) is 2.51. The third-order valence-corrected chi connectivity index (χ3v) is 3.52. The third kappa shape index (κ3) is 3.34. The lowest BCUT2D eigenvalue weighted by Crippen LogP contribution is -2.10. The predicted octanol–water partition coefficient (Wildman–Crippen LogP) is 4.37. The van der Waals surface area contributed by atoms with Crippen molar-refractivity contribution in [3.8, 4) is 24.7 Å². The van der Waals surface area contributed by atoms with Crippen molar-refractivity contribution in [2.75, 3.05) is 0 Å². The van der Waals surface area contributed by atoms with Gasteiger partial charge in [0.25, 0.3) is 0 Å². The molecule has 0 spiro atoms. The van der Waals surface area contributed by atoms with Crippen molar-refractivity contribution in [1.29, 1.82) is 0 Å². The van der Waals surface area contributed by atoms with E-state index in [-0.39, 0.29) is 0 Å². The Morgan fingerprint density at radius 1 is 0.762 bits per heavy atom. The second-order valence-corrected chi connectivity index (χ2v) is 4.94. The molecule has 2 aromatic carbocycles. The van der Waals surface area contributed by atoms with Gasteiger partial charge in [0, 0.05) is 0 Å². The Labute approximate surface area is 127 Å². The Kier molecular flexibility index (Phi) is 4.83. The first-order chi connectivity index (χ1) is 10.2. The van der Waals surface area contributed by atoms with Crippen LogP contribution in [0.5, 0.6) is 0 Å². The highest BCUT2D eigenvalue weighted by molar-refractivity contribution is 5.35. The molecule has 21 heavy (non-hydrogen) atoms. The zero-order chi connectivity index (χ0) is 15.2. The van der Waals surface area contributed by atoms with Crippen LogP contribution in [0, 0.1) is 38.5 Å². The van der Waals surface area contributed by atoms with Crippen LogP contribution in [0.3, 0.4) is 0 Å². The van der Waals surface area contributed by atoms with E-state index in [0.29, 0.717) is 0 Å². The number of rotatable bonds is 4. The van der Waals surface area contributed by atoms with Gasteiger partial charge >= 0.3 is 0 Å². The molecule has 2 unspecified atom stereocenters. The van der Waals surface area contributed by atoms with Gasteiger partial charge in [0.15, 0.2) is 0 Å². The highest BCUT2D eigenvalue weighted by atomic mass is 16.5. The molecule has 0 aromatic heterocycles. The van der Waals surface area contributed by atoms with E-state index in [0.717, 1.165) is 22.3 Å². The monoisotopic (exact) mass is 274 g/mol. The molecular weight excluding hydrogens is 256 g/mol. The normalized spacial score (nSPS) is 13.0. The Morgan fingerprint density at radius 3 is 1.48 bits per heavy atom. The van der Waals surface area contributed by atoms with Gasteiger partial charge in [-0.25, -0.2) is 0 Å². The quantitative estimate of drug-likeness (QED) is 0.752. The van der Waals surface area contributed by atoms with E-state index >= 15 is 0 Å². The van der Waals surface area contributed by atoms with Gasteiger partial charge in [-0.15, -0.1) is 12.8 Å². The molecule has 104 valence electrons. The van der Waals surface area contributed by atoms with E-state index in [1.807, 2.05) is 62.4 Å². The lowest BCUT2D eigenvalue weighted by atomic mass is 10.0. The first kappa shape index (κ1) is 14.9. The summed E-state index contributed by atoms with van der Waals surface area (Å²) in [6, 6.07) is 15.8. The molecule has 1 nitrogen and oxygen atoms in total. The van der Waals surface area contributed by atoms with E-state index in [1.165, 1.54) is 0 Å². The molecule has 0 heterocycles. The third-order valence-electron chi connectivity index (χ3n) is 3.52. The van der Waals surface area contributed by atoms with Crippen LogP contribution in [0.25, 0.3) is 0 Å². The minimum absolute atomic E-state index is 0.452. The van der Waals surface area contributed by atoms with Crippen LogP contribution in [0.15, 0.2) is 48.5 Å². The molecule has 0 aliphatic heterocycles. The van der Waals surface area contributed by atoms with Crippen LogP contribution >= 0.6 is 0 Å². The molecule has 0 aliphatic rings. The van der Waals surface area contributed by atoms with Crippen LogP contribution in [-0.2, 0) is 4.74 Å². The molecule has 0 N–H and O–H groups in total. The summed E-state index contributed by atoms with van der Waals surface area (Å²) >= 11 is 0. The molecule has 0 saturated heterocycles. The summed E-state index contributed by atoms with van der Waals surface area (Å²) in [5.41, 5.74) is 4.16. The van der Waals surface area contributed by atoms with Crippen LogP contribution in [0.2, 0.25) is 0 Å². The summed E-state index contributed by atoms with van der Waals surface area (Å²) in [5.74, 6) is 5.39. The van der Waals surface area contributed by atoms with Crippen molar-refractivity contribution in [1.82, 2.24) is 0 Å². The standard InChI is InChI=1S/C20H18O/c1-5-19(17-13-9-7-11-15(17)3)21-20(6-2)18-14-10-8-12-16(18)4/h1-2,7-14,19-20H,3-4H3. The van der Waals surface area contributed by atoms with Crippen molar-refractivity contribution in [2.45, 2.75) is 26.1 Å². The van der Waals surface area contributed by atoms with Gasteiger partial charge in [-0.05, 0) is 36.1 Å². The Morgan fingerprint density at radius 2 is 1.14 bits per heavy atom. The van der Waals surface area contributed by atoms with Crippen LogP contribution in [-0.4, -0.2) is 0 Å². The molecule has 0 radical (unpaired) electrons. The maximum absolute atomic E-state index is 6.01. The van der Waals surface area contributed by atoms with Crippen molar-refractivity contribution >= 4 is 0 Å². The zero-order valence-corrected chi connectivity index (χ0v) is 12.3. The van der Waals surface area contributed by atoms with Gasteiger partial charge in [0.1, 0.15) is 12.2 Å². The fraction of sp³-hybridized carbons (Fsp3) is 0.200. The average molecular weight is 274 g/mol. The number of hydrogen-bond donors (Lipinski definition) is 0. The molecule has 1 heteroatoms. The molecule has 2 atom stereocenters. The molecule has 2 aromatic rings. The zero-order valence-electron chi connectivity index (χ0n) is 12.3. The van der Waals surface area contributed by atoms with Gasteiger partial charge in [-0.1, -0.05) is 60.4 Å². The minimum atomic E-state index is -0.452. The summed E-state index contributed by atoms with van der Waals surface area (Å²) in [5, 5.41) is 0. The summed E-state index contributed by atoms with van der Waals surface area (Å²) in [4.78, 5) is 0. The molecular formula is C20H18O. The van der Waals surface area contributed by atoms with Gasteiger partial charge < -0.3 is 4.74 Å². The largest absolute Gasteiger partial charge is 0.340 e. The van der Waals surface area contributed by atoms with Gasteiger partial charge in [0.2, 0.25) is 0 Å². The Hall–Kier alpha value is -2.48. The molecule has 0 bridgehead atoms. The fourth-order valence-corrected chi connectivity index (χ4v) is 2.30. The highest BCUT2D eigenvalue weighted by Gasteiger charge is 2.18. The SMILES string of the molecule is C#CC(OC(C#C)c1ccccc1C)c1ccccc1C.